The van der Waals surface area contributed by atoms with E-state index in [-0.39, 0.29) is 17.3 Å². The minimum Gasteiger partial charge on any atom is -0.383 e. The molecule has 7 nitrogen and oxygen atoms in total. The molecule has 9 heteroatoms. The van der Waals surface area contributed by atoms with E-state index in [1.807, 2.05) is 0 Å². The van der Waals surface area contributed by atoms with Gasteiger partial charge in [0.2, 0.25) is 5.91 Å². The molecule has 144 valence electrons. The number of nitrogens with zero attached hydrogens (tertiary/aromatic N) is 4. The number of methoxy groups -OCH3 is 1. The zero-order chi connectivity index (χ0) is 18.9. The first-order chi connectivity index (χ1) is 12.4. The monoisotopic (exact) mass is 370 g/mol. The van der Waals surface area contributed by atoms with Crippen LogP contribution in [-0.4, -0.2) is 70.3 Å². The first-order valence-electron chi connectivity index (χ1n) is 8.85. The Kier molecular flexibility index (Phi) is 5.27. The molecule has 1 spiro atoms. The fourth-order valence-electron chi connectivity index (χ4n) is 4.07. The standard InChI is InChI=1S/C17H24F2N4O3/c1-12-11-13(20-23(12)16(18)19)14(24)22-8-4-6-17(22)5-3-7-21(15(17)25)9-10-26-2/h11,16H,3-10H2,1-2H3. The van der Waals surface area contributed by atoms with Crippen LogP contribution in [-0.2, 0) is 9.53 Å². The third-order valence-corrected chi connectivity index (χ3v) is 5.33. The predicted octanol–water partition coefficient (Wildman–Crippen LogP) is 1.83. The first-order valence-corrected chi connectivity index (χ1v) is 8.85. The summed E-state index contributed by atoms with van der Waals surface area (Å²) in [4.78, 5) is 29.4. The van der Waals surface area contributed by atoms with Crippen molar-refractivity contribution in [1.82, 2.24) is 19.6 Å². The number of ether oxygens (including phenoxy) is 1. The average Bonchev–Trinajstić information content (AvgIpc) is 3.20. The van der Waals surface area contributed by atoms with Gasteiger partial charge in [0.25, 0.3) is 5.91 Å². The molecule has 0 saturated carbocycles. The van der Waals surface area contributed by atoms with Gasteiger partial charge in [0.05, 0.1) is 6.61 Å². The van der Waals surface area contributed by atoms with Crippen LogP contribution in [0.25, 0.3) is 0 Å². The molecule has 26 heavy (non-hydrogen) atoms. The molecule has 0 aliphatic carbocycles. The number of hydrogen-bond acceptors (Lipinski definition) is 4. The van der Waals surface area contributed by atoms with E-state index in [9.17, 15) is 18.4 Å². The molecule has 1 aromatic heterocycles. The number of hydrogen-bond donors (Lipinski definition) is 0. The van der Waals surface area contributed by atoms with Gasteiger partial charge in [0, 0.05) is 32.4 Å². The minimum atomic E-state index is -2.80. The van der Waals surface area contributed by atoms with Crippen molar-refractivity contribution in [2.45, 2.75) is 44.7 Å². The second kappa shape index (κ2) is 7.30. The Balaban J connectivity index is 1.86. The summed E-state index contributed by atoms with van der Waals surface area (Å²) in [5.74, 6) is -0.524. The number of aromatic nitrogens is 2. The quantitative estimate of drug-likeness (QED) is 0.793. The molecule has 1 unspecified atom stereocenters. The van der Waals surface area contributed by atoms with Crippen LogP contribution < -0.4 is 0 Å². The summed E-state index contributed by atoms with van der Waals surface area (Å²) < 4.78 is 31.5. The minimum absolute atomic E-state index is 0.0362. The number of rotatable bonds is 5. The van der Waals surface area contributed by atoms with Gasteiger partial charge in [-0.15, -0.1) is 0 Å². The molecular formula is C17H24F2N4O3. The fourth-order valence-corrected chi connectivity index (χ4v) is 4.07. The van der Waals surface area contributed by atoms with Crippen molar-refractivity contribution in [2.75, 3.05) is 33.4 Å². The molecule has 2 aliphatic rings. The lowest BCUT2D eigenvalue weighted by Gasteiger charge is -2.44. The summed E-state index contributed by atoms with van der Waals surface area (Å²) in [5, 5.41) is 3.76. The molecular weight excluding hydrogens is 346 g/mol. The number of aryl methyl sites for hydroxylation is 1. The van der Waals surface area contributed by atoms with Crippen LogP contribution in [0.4, 0.5) is 8.78 Å². The van der Waals surface area contributed by atoms with Crippen LogP contribution in [0.15, 0.2) is 6.07 Å². The average molecular weight is 370 g/mol. The van der Waals surface area contributed by atoms with Crippen molar-refractivity contribution in [1.29, 1.82) is 0 Å². The largest absolute Gasteiger partial charge is 0.383 e. The number of halogens is 2. The van der Waals surface area contributed by atoms with Gasteiger partial charge >= 0.3 is 6.55 Å². The molecule has 0 aromatic carbocycles. The highest BCUT2D eigenvalue weighted by Gasteiger charge is 2.53. The van der Waals surface area contributed by atoms with Crippen LogP contribution >= 0.6 is 0 Å². The molecule has 1 atom stereocenters. The highest BCUT2D eigenvalue weighted by molar-refractivity contribution is 5.99. The van der Waals surface area contributed by atoms with Crippen molar-refractivity contribution in [3.8, 4) is 0 Å². The highest BCUT2D eigenvalue weighted by atomic mass is 19.3. The van der Waals surface area contributed by atoms with Gasteiger partial charge in [0.15, 0.2) is 5.69 Å². The number of likely N-dealkylation sites (tertiary alicyclic amines) is 2. The topological polar surface area (TPSA) is 67.7 Å². The van der Waals surface area contributed by atoms with Crippen molar-refractivity contribution in [3.63, 3.8) is 0 Å². The molecule has 0 bridgehead atoms. The van der Waals surface area contributed by atoms with Gasteiger partial charge in [0.1, 0.15) is 5.54 Å². The number of carbonyl (C=O) groups excluding carboxylic acids is 2. The molecule has 2 fully saturated rings. The van der Waals surface area contributed by atoms with E-state index in [2.05, 4.69) is 5.10 Å². The van der Waals surface area contributed by atoms with Crippen molar-refractivity contribution in [2.24, 2.45) is 0 Å². The fraction of sp³-hybridized carbons (Fsp3) is 0.706. The highest BCUT2D eigenvalue weighted by Crippen LogP contribution is 2.39. The van der Waals surface area contributed by atoms with E-state index in [4.69, 9.17) is 4.74 Å². The second-order valence-corrected chi connectivity index (χ2v) is 6.87. The van der Waals surface area contributed by atoms with Gasteiger partial charge in [-0.1, -0.05) is 0 Å². The van der Waals surface area contributed by atoms with Crippen LogP contribution in [0.1, 0.15) is 48.4 Å². The normalized spacial score (nSPS) is 23.5. The van der Waals surface area contributed by atoms with E-state index in [0.717, 1.165) is 6.42 Å². The number of amides is 2. The Labute approximate surface area is 150 Å². The Bertz CT molecular complexity index is 694. The van der Waals surface area contributed by atoms with E-state index in [0.29, 0.717) is 50.2 Å². The van der Waals surface area contributed by atoms with Gasteiger partial charge < -0.3 is 14.5 Å². The van der Waals surface area contributed by atoms with Crippen LogP contribution in [0.2, 0.25) is 0 Å². The van der Waals surface area contributed by atoms with Crippen LogP contribution in [0.5, 0.6) is 0 Å². The first kappa shape index (κ1) is 18.8. The molecule has 3 heterocycles. The lowest BCUT2D eigenvalue weighted by atomic mass is 9.85. The Morgan fingerprint density at radius 3 is 2.65 bits per heavy atom. The number of alkyl halides is 2. The molecule has 1 aromatic rings. The van der Waals surface area contributed by atoms with Crippen molar-refractivity contribution in [3.05, 3.63) is 17.5 Å². The molecule has 2 aliphatic heterocycles. The number of carbonyl (C=O) groups is 2. The van der Waals surface area contributed by atoms with Gasteiger partial charge in [-0.3, -0.25) is 9.59 Å². The van der Waals surface area contributed by atoms with Gasteiger partial charge in [-0.25, -0.2) is 4.68 Å². The molecule has 0 radical (unpaired) electrons. The molecule has 2 saturated heterocycles. The smallest absolute Gasteiger partial charge is 0.333 e. The summed E-state index contributed by atoms with van der Waals surface area (Å²) in [6.45, 7) is 0.679. The lowest BCUT2D eigenvalue weighted by molar-refractivity contribution is -0.146. The second-order valence-electron chi connectivity index (χ2n) is 6.87. The van der Waals surface area contributed by atoms with Crippen LogP contribution in [0.3, 0.4) is 0 Å². The summed E-state index contributed by atoms with van der Waals surface area (Å²) in [6, 6.07) is 1.36. The summed E-state index contributed by atoms with van der Waals surface area (Å²) in [6.07, 6.45) is 2.69. The molecule has 3 rings (SSSR count). The maximum Gasteiger partial charge on any atom is 0.333 e. The van der Waals surface area contributed by atoms with E-state index in [1.54, 1.807) is 16.9 Å². The lowest BCUT2D eigenvalue weighted by Crippen LogP contribution is -2.61. The van der Waals surface area contributed by atoms with E-state index in [1.165, 1.54) is 13.0 Å². The Morgan fingerprint density at radius 2 is 2.04 bits per heavy atom. The maximum absolute atomic E-state index is 13.1. The summed E-state index contributed by atoms with van der Waals surface area (Å²) in [5.41, 5.74) is -0.704. The zero-order valence-electron chi connectivity index (χ0n) is 15.1. The maximum atomic E-state index is 13.1. The molecule has 0 N–H and O–H groups in total. The zero-order valence-corrected chi connectivity index (χ0v) is 15.1. The number of piperidine rings is 1. The molecule has 2 amide bonds. The SMILES string of the molecule is COCCN1CCCC2(CCCN2C(=O)c2cc(C)n(C(F)F)n2)C1=O. The third kappa shape index (κ3) is 3.08. The third-order valence-electron chi connectivity index (χ3n) is 5.33. The van der Waals surface area contributed by atoms with Gasteiger partial charge in [-0.2, -0.15) is 13.9 Å². The predicted molar refractivity (Wildman–Crippen MR) is 88.9 cm³/mol. The van der Waals surface area contributed by atoms with Crippen molar-refractivity contribution < 1.29 is 23.1 Å². The Hall–Kier alpha value is -2.03. The van der Waals surface area contributed by atoms with E-state index < -0.39 is 18.0 Å². The van der Waals surface area contributed by atoms with E-state index >= 15 is 0 Å². The van der Waals surface area contributed by atoms with Crippen molar-refractivity contribution >= 4 is 11.8 Å². The Morgan fingerprint density at radius 1 is 1.35 bits per heavy atom. The van der Waals surface area contributed by atoms with Crippen LogP contribution in [0, 0.1) is 6.92 Å². The summed E-state index contributed by atoms with van der Waals surface area (Å²) >= 11 is 0. The summed E-state index contributed by atoms with van der Waals surface area (Å²) in [7, 11) is 1.58. The van der Waals surface area contributed by atoms with Gasteiger partial charge in [-0.05, 0) is 38.7 Å².